The molecular formula is C24H22N4O9S3. The number of nitrogens with one attached hydrogen (secondary N) is 2. The maximum atomic E-state index is 12.2. The monoisotopic (exact) mass is 606 g/mol. The molecule has 0 saturated heterocycles. The number of hydrogen-bond acceptors (Lipinski definition) is 12. The number of rotatable bonds is 13. The fourth-order valence-electron chi connectivity index (χ4n) is 3.57. The summed E-state index contributed by atoms with van der Waals surface area (Å²) < 4.78 is 65.3. The van der Waals surface area contributed by atoms with Gasteiger partial charge in [0.15, 0.2) is 0 Å². The first-order chi connectivity index (χ1) is 19.1. The number of hydrogen-bond donors (Lipinski definition) is 4. The SMILES string of the molecule is O=S(=O)(CCOS(=O)(=O)O)Nc1cccc(N=Nc2ccc(Nc3ccccc3)c3c(SOOO)cccc23)c1. The minimum Gasteiger partial charge on any atom is -0.355 e. The maximum Gasteiger partial charge on any atom is 0.397 e. The van der Waals surface area contributed by atoms with Gasteiger partial charge in [0, 0.05) is 27.0 Å². The van der Waals surface area contributed by atoms with Gasteiger partial charge in [-0.1, -0.05) is 41.4 Å². The van der Waals surface area contributed by atoms with Crippen LogP contribution in [-0.4, -0.2) is 39.0 Å². The van der Waals surface area contributed by atoms with Gasteiger partial charge < -0.3 is 5.32 Å². The zero-order valence-electron chi connectivity index (χ0n) is 20.4. The third kappa shape index (κ3) is 8.44. The van der Waals surface area contributed by atoms with Gasteiger partial charge in [-0.25, -0.2) is 17.9 Å². The van der Waals surface area contributed by atoms with Crippen LogP contribution >= 0.6 is 12.0 Å². The van der Waals surface area contributed by atoms with Gasteiger partial charge >= 0.3 is 10.4 Å². The van der Waals surface area contributed by atoms with Crippen molar-refractivity contribution in [2.24, 2.45) is 10.2 Å². The molecule has 0 atom stereocenters. The highest BCUT2D eigenvalue weighted by atomic mass is 32.3. The number of para-hydroxylation sites is 1. The first-order valence-corrected chi connectivity index (χ1v) is 15.1. The first-order valence-electron chi connectivity index (χ1n) is 11.3. The first kappa shape index (κ1) is 29.4. The van der Waals surface area contributed by atoms with Crippen LogP contribution in [-0.2, 0) is 34.0 Å². The molecule has 0 aliphatic carbocycles. The third-order valence-corrected chi connectivity index (χ3v) is 7.53. The Labute approximate surface area is 233 Å². The van der Waals surface area contributed by atoms with Crippen LogP contribution < -0.4 is 10.0 Å². The molecular weight excluding hydrogens is 584 g/mol. The topological polar surface area (TPSA) is 185 Å². The van der Waals surface area contributed by atoms with Crippen LogP contribution in [0, 0.1) is 0 Å². The Balaban J connectivity index is 1.60. The van der Waals surface area contributed by atoms with Crippen molar-refractivity contribution in [1.82, 2.24) is 0 Å². The van der Waals surface area contributed by atoms with Gasteiger partial charge in [0.2, 0.25) is 10.0 Å². The lowest BCUT2D eigenvalue weighted by Gasteiger charge is -2.14. The zero-order chi connectivity index (χ0) is 28.6. The van der Waals surface area contributed by atoms with Gasteiger partial charge in [0.05, 0.1) is 41.5 Å². The molecule has 0 spiro atoms. The van der Waals surface area contributed by atoms with Crippen molar-refractivity contribution in [1.29, 1.82) is 0 Å². The van der Waals surface area contributed by atoms with Crippen LogP contribution in [0.25, 0.3) is 10.8 Å². The van der Waals surface area contributed by atoms with E-state index in [2.05, 4.69) is 33.8 Å². The summed E-state index contributed by atoms with van der Waals surface area (Å²) in [7, 11) is -8.74. The molecule has 0 fully saturated rings. The number of fused-ring (bicyclic) bond motifs is 1. The van der Waals surface area contributed by atoms with Crippen molar-refractivity contribution in [2.75, 3.05) is 22.4 Å². The molecule has 0 aliphatic rings. The summed E-state index contributed by atoms with van der Waals surface area (Å²) in [5, 5.41) is 25.8. The molecule has 4 aromatic carbocycles. The maximum absolute atomic E-state index is 12.2. The van der Waals surface area contributed by atoms with Gasteiger partial charge in [-0.3, -0.25) is 9.27 Å². The molecule has 210 valence electrons. The van der Waals surface area contributed by atoms with Crippen molar-refractivity contribution in [3.63, 3.8) is 0 Å². The number of azo groups is 1. The van der Waals surface area contributed by atoms with E-state index >= 15 is 0 Å². The van der Waals surface area contributed by atoms with Crippen molar-refractivity contribution >= 4 is 71.7 Å². The summed E-state index contributed by atoms with van der Waals surface area (Å²) in [5.74, 6) is -0.709. The number of anilines is 3. The van der Waals surface area contributed by atoms with Gasteiger partial charge in [0.1, 0.15) is 0 Å². The second-order valence-electron chi connectivity index (χ2n) is 7.95. The van der Waals surface area contributed by atoms with Crippen LogP contribution in [0.3, 0.4) is 0 Å². The largest absolute Gasteiger partial charge is 0.397 e. The van der Waals surface area contributed by atoms with E-state index in [1.54, 1.807) is 30.3 Å². The second kappa shape index (κ2) is 13.2. The lowest BCUT2D eigenvalue weighted by molar-refractivity contribution is -0.432. The molecule has 0 saturated carbocycles. The Kier molecular flexibility index (Phi) is 9.67. The van der Waals surface area contributed by atoms with Crippen molar-refractivity contribution in [3.05, 3.63) is 84.9 Å². The van der Waals surface area contributed by atoms with E-state index in [1.165, 1.54) is 12.1 Å². The number of sulfonamides is 1. The Morgan fingerprint density at radius 3 is 2.35 bits per heavy atom. The standard InChI is InChI=1S/C24H22N4O9S3/c29-36-37-38-23-11-5-10-20-21(12-13-22(24(20)23)25-17-6-2-1-3-7-17)27-26-18-8-4-9-19(16-18)28-39(30,31)15-14-35-40(32,33)34/h1-13,16,25,28-29H,14-15H2,(H,32,33,34). The lowest BCUT2D eigenvalue weighted by atomic mass is 10.1. The van der Waals surface area contributed by atoms with Crippen LogP contribution in [0.2, 0.25) is 0 Å². The molecule has 4 aromatic rings. The molecule has 0 amide bonds. The number of benzene rings is 4. The molecule has 4 N–H and O–H groups in total. The zero-order valence-corrected chi connectivity index (χ0v) is 22.8. The molecule has 0 heterocycles. The van der Waals surface area contributed by atoms with E-state index in [-0.39, 0.29) is 5.69 Å². The Bertz CT molecular complexity index is 1720. The van der Waals surface area contributed by atoms with Crippen LogP contribution in [0.5, 0.6) is 0 Å². The third-order valence-electron chi connectivity index (χ3n) is 5.16. The average Bonchev–Trinajstić information content (AvgIpc) is 2.91. The highest BCUT2D eigenvalue weighted by Gasteiger charge is 2.15. The van der Waals surface area contributed by atoms with E-state index in [0.29, 0.717) is 21.7 Å². The summed E-state index contributed by atoms with van der Waals surface area (Å²) in [6.07, 6.45) is 0. The van der Waals surface area contributed by atoms with Gasteiger partial charge in [-0.2, -0.15) is 13.5 Å². The summed E-state index contributed by atoms with van der Waals surface area (Å²) in [4.78, 5) is 0.622. The van der Waals surface area contributed by atoms with E-state index in [1.807, 2.05) is 42.5 Å². The average molecular weight is 607 g/mol. The summed E-state index contributed by atoms with van der Waals surface area (Å²) in [6.45, 7) is -0.758. The fourth-order valence-corrected chi connectivity index (χ4v) is 5.40. The summed E-state index contributed by atoms with van der Waals surface area (Å²) >= 11 is 0.806. The summed E-state index contributed by atoms with van der Waals surface area (Å²) in [6, 6.07) is 24.6. The van der Waals surface area contributed by atoms with Gasteiger partial charge in [-0.15, -0.1) is 9.45 Å². The van der Waals surface area contributed by atoms with Gasteiger partial charge in [0.25, 0.3) is 0 Å². The van der Waals surface area contributed by atoms with Crippen molar-refractivity contribution in [3.8, 4) is 0 Å². The quantitative estimate of drug-likeness (QED) is 0.0461. The molecule has 16 heteroatoms. The molecule has 40 heavy (non-hydrogen) atoms. The normalized spacial score (nSPS) is 12.2. The van der Waals surface area contributed by atoms with Crippen LogP contribution in [0.1, 0.15) is 0 Å². The van der Waals surface area contributed by atoms with E-state index in [4.69, 9.17) is 9.81 Å². The van der Waals surface area contributed by atoms with Crippen LogP contribution in [0.15, 0.2) is 100 Å². The second-order valence-corrected chi connectivity index (χ2v) is 11.6. The van der Waals surface area contributed by atoms with Crippen LogP contribution in [0.4, 0.5) is 28.4 Å². The van der Waals surface area contributed by atoms with E-state index < -0.39 is 32.8 Å². The van der Waals surface area contributed by atoms with E-state index in [0.717, 1.165) is 28.8 Å². The summed E-state index contributed by atoms with van der Waals surface area (Å²) in [5.41, 5.74) is 2.57. The molecule has 0 aliphatic heterocycles. The van der Waals surface area contributed by atoms with Gasteiger partial charge in [-0.05, 0) is 48.5 Å². The minimum absolute atomic E-state index is 0.162. The predicted octanol–water partition coefficient (Wildman–Crippen LogP) is 5.99. The highest BCUT2D eigenvalue weighted by Crippen LogP contribution is 2.40. The smallest absolute Gasteiger partial charge is 0.355 e. The van der Waals surface area contributed by atoms with E-state index in [9.17, 15) is 16.8 Å². The molecule has 0 unspecified atom stereocenters. The molecule has 4 rings (SSSR count). The van der Waals surface area contributed by atoms with Crippen molar-refractivity contribution < 1.29 is 40.2 Å². The molecule has 0 aromatic heterocycles. The highest BCUT2D eigenvalue weighted by molar-refractivity contribution is 7.94. The minimum atomic E-state index is -4.75. The lowest BCUT2D eigenvalue weighted by Crippen LogP contribution is -2.21. The molecule has 0 radical (unpaired) electrons. The molecule has 0 bridgehead atoms. The Hall–Kier alpha value is -3.61. The van der Waals surface area contributed by atoms with Crippen molar-refractivity contribution in [2.45, 2.75) is 4.90 Å². The molecule has 13 nitrogen and oxygen atoms in total. The number of nitrogens with zero attached hydrogens (tertiary/aromatic N) is 2. The Morgan fingerprint density at radius 1 is 0.850 bits per heavy atom. The Morgan fingerprint density at radius 2 is 1.60 bits per heavy atom. The predicted molar refractivity (Wildman–Crippen MR) is 150 cm³/mol. The fraction of sp³-hybridized carbons (Fsp3) is 0.0833.